The minimum Gasteiger partial charge on any atom is -0.340 e. The zero-order chi connectivity index (χ0) is 23.3. The van der Waals surface area contributed by atoms with Crippen LogP contribution in [0.5, 0.6) is 0 Å². The SMILES string of the molecule is CNS(=O)(=O)c1ccc(Nc2ccc(C(F)(F)F)cn2)c(-c2cn3c(n2)CC(C)(C)C3)c1. The fourth-order valence-corrected chi connectivity index (χ4v) is 4.47. The van der Waals surface area contributed by atoms with Gasteiger partial charge in [-0.3, -0.25) is 0 Å². The van der Waals surface area contributed by atoms with Gasteiger partial charge >= 0.3 is 6.18 Å². The number of hydrogen-bond acceptors (Lipinski definition) is 5. The minimum atomic E-state index is -4.48. The first-order valence-corrected chi connectivity index (χ1v) is 11.3. The number of aromatic nitrogens is 3. The zero-order valence-corrected chi connectivity index (χ0v) is 18.5. The molecule has 3 aromatic rings. The van der Waals surface area contributed by atoms with E-state index in [1.807, 2.05) is 10.8 Å². The molecule has 3 heterocycles. The highest BCUT2D eigenvalue weighted by atomic mass is 32.2. The molecule has 0 unspecified atom stereocenters. The number of halogens is 3. The summed E-state index contributed by atoms with van der Waals surface area (Å²) in [6.07, 6.45) is -1.09. The minimum absolute atomic E-state index is 0.0504. The summed E-state index contributed by atoms with van der Waals surface area (Å²) in [5, 5.41) is 2.98. The van der Waals surface area contributed by atoms with Gasteiger partial charge in [-0.2, -0.15) is 13.2 Å². The van der Waals surface area contributed by atoms with Crippen molar-refractivity contribution in [3.63, 3.8) is 0 Å². The predicted molar refractivity (Wildman–Crippen MR) is 114 cm³/mol. The van der Waals surface area contributed by atoms with Crippen LogP contribution in [0.1, 0.15) is 25.2 Å². The Balaban J connectivity index is 1.74. The average Bonchev–Trinajstić information content (AvgIpc) is 3.21. The van der Waals surface area contributed by atoms with Crippen LogP contribution in [0.25, 0.3) is 11.3 Å². The van der Waals surface area contributed by atoms with Crippen molar-refractivity contribution in [2.24, 2.45) is 5.41 Å². The highest BCUT2D eigenvalue weighted by molar-refractivity contribution is 7.89. The Labute approximate surface area is 183 Å². The van der Waals surface area contributed by atoms with Crippen molar-refractivity contribution in [2.45, 2.75) is 37.9 Å². The van der Waals surface area contributed by atoms with E-state index in [4.69, 9.17) is 4.98 Å². The Bertz CT molecular complexity index is 1240. The number of nitrogens with one attached hydrogen (secondary N) is 2. The molecule has 0 aliphatic carbocycles. The Kier molecular flexibility index (Phi) is 5.29. The van der Waals surface area contributed by atoms with Crippen LogP contribution in [0.15, 0.2) is 47.6 Å². The summed E-state index contributed by atoms with van der Waals surface area (Å²) in [6, 6.07) is 6.60. The van der Waals surface area contributed by atoms with Gasteiger partial charge in [0.05, 0.1) is 16.2 Å². The first-order chi connectivity index (χ1) is 14.9. The monoisotopic (exact) mass is 465 g/mol. The summed E-state index contributed by atoms with van der Waals surface area (Å²) in [5.41, 5.74) is 0.777. The van der Waals surface area contributed by atoms with Gasteiger partial charge in [0.15, 0.2) is 0 Å². The maximum Gasteiger partial charge on any atom is 0.417 e. The quantitative estimate of drug-likeness (QED) is 0.590. The number of hydrogen-bond donors (Lipinski definition) is 2. The molecular formula is C21H22F3N5O2S. The summed E-state index contributed by atoms with van der Waals surface area (Å²) < 4.78 is 67.5. The number of benzene rings is 1. The van der Waals surface area contributed by atoms with Gasteiger partial charge in [0.1, 0.15) is 11.6 Å². The van der Waals surface area contributed by atoms with E-state index in [-0.39, 0.29) is 16.1 Å². The fraction of sp³-hybridized carbons (Fsp3) is 0.333. The smallest absolute Gasteiger partial charge is 0.340 e. The molecule has 0 spiro atoms. The third-order valence-electron chi connectivity index (χ3n) is 5.29. The molecule has 32 heavy (non-hydrogen) atoms. The molecule has 7 nitrogen and oxygen atoms in total. The Morgan fingerprint density at radius 2 is 1.91 bits per heavy atom. The van der Waals surface area contributed by atoms with E-state index in [2.05, 4.69) is 28.9 Å². The Hall–Kier alpha value is -2.92. The summed E-state index contributed by atoms with van der Waals surface area (Å²) in [4.78, 5) is 8.59. The lowest BCUT2D eigenvalue weighted by Gasteiger charge is -2.16. The van der Waals surface area contributed by atoms with Gasteiger partial charge < -0.3 is 9.88 Å². The van der Waals surface area contributed by atoms with Gasteiger partial charge in [-0.25, -0.2) is 23.1 Å². The van der Waals surface area contributed by atoms with Gasteiger partial charge in [-0.15, -0.1) is 0 Å². The molecule has 1 aliphatic heterocycles. The van der Waals surface area contributed by atoms with Crippen LogP contribution < -0.4 is 10.0 Å². The standard InChI is InChI=1S/C21H22F3N5O2S/c1-20(2)9-19-28-17(11-29(19)12-20)15-8-14(32(30,31)25-3)5-6-16(15)27-18-7-4-13(10-26-18)21(22,23)24/h4-8,10-11,25H,9,12H2,1-3H3,(H,26,27). The molecule has 1 aliphatic rings. The van der Waals surface area contributed by atoms with Crippen molar-refractivity contribution in [3.8, 4) is 11.3 Å². The van der Waals surface area contributed by atoms with Crippen LogP contribution in [-0.2, 0) is 29.2 Å². The number of sulfonamides is 1. The van der Waals surface area contributed by atoms with E-state index >= 15 is 0 Å². The molecule has 11 heteroatoms. The highest BCUT2D eigenvalue weighted by Gasteiger charge is 2.32. The molecule has 0 amide bonds. The van der Waals surface area contributed by atoms with E-state index < -0.39 is 21.8 Å². The predicted octanol–water partition coefficient (Wildman–Crippen LogP) is 4.20. The van der Waals surface area contributed by atoms with E-state index in [0.717, 1.165) is 31.1 Å². The van der Waals surface area contributed by atoms with Gasteiger partial charge in [-0.1, -0.05) is 13.8 Å². The van der Waals surface area contributed by atoms with Crippen LogP contribution in [0, 0.1) is 5.41 Å². The zero-order valence-electron chi connectivity index (χ0n) is 17.7. The van der Waals surface area contributed by atoms with Crippen LogP contribution in [0.2, 0.25) is 0 Å². The fourth-order valence-electron chi connectivity index (χ4n) is 3.71. The Morgan fingerprint density at radius 1 is 1.16 bits per heavy atom. The lowest BCUT2D eigenvalue weighted by atomic mass is 9.92. The van der Waals surface area contributed by atoms with E-state index in [0.29, 0.717) is 16.9 Å². The molecule has 0 fully saturated rings. The maximum atomic E-state index is 12.8. The molecule has 1 aromatic carbocycles. The molecule has 0 saturated heterocycles. The van der Waals surface area contributed by atoms with E-state index in [9.17, 15) is 21.6 Å². The van der Waals surface area contributed by atoms with Crippen molar-refractivity contribution < 1.29 is 21.6 Å². The molecule has 2 N–H and O–H groups in total. The summed E-state index contributed by atoms with van der Waals surface area (Å²) in [6.45, 7) is 5.07. The van der Waals surface area contributed by atoms with Gasteiger partial charge in [0.2, 0.25) is 10.0 Å². The molecule has 0 radical (unpaired) electrons. The summed E-state index contributed by atoms with van der Waals surface area (Å²) in [7, 11) is -2.39. The van der Waals surface area contributed by atoms with Crippen LogP contribution in [0.4, 0.5) is 24.7 Å². The molecule has 170 valence electrons. The molecule has 0 saturated carbocycles. The van der Waals surface area contributed by atoms with Gasteiger partial charge in [0, 0.05) is 36.6 Å². The highest BCUT2D eigenvalue weighted by Crippen LogP contribution is 2.37. The number of nitrogens with zero attached hydrogens (tertiary/aromatic N) is 3. The second-order valence-electron chi connectivity index (χ2n) is 8.48. The lowest BCUT2D eigenvalue weighted by Crippen LogP contribution is -2.18. The number of imidazole rings is 1. The molecule has 2 aromatic heterocycles. The second kappa shape index (κ2) is 7.59. The number of pyridine rings is 1. The third kappa shape index (κ3) is 4.35. The summed E-state index contributed by atoms with van der Waals surface area (Å²) >= 11 is 0. The molecular weight excluding hydrogens is 443 g/mol. The first kappa shape index (κ1) is 22.3. The largest absolute Gasteiger partial charge is 0.417 e. The van der Waals surface area contributed by atoms with Crippen molar-refractivity contribution >= 4 is 21.5 Å². The van der Waals surface area contributed by atoms with Crippen molar-refractivity contribution in [3.05, 3.63) is 54.1 Å². The van der Waals surface area contributed by atoms with Crippen LogP contribution >= 0.6 is 0 Å². The molecule has 0 bridgehead atoms. The lowest BCUT2D eigenvalue weighted by molar-refractivity contribution is -0.137. The topological polar surface area (TPSA) is 88.9 Å². The van der Waals surface area contributed by atoms with Gasteiger partial charge in [-0.05, 0) is 42.8 Å². The number of rotatable bonds is 5. The normalized spacial score (nSPS) is 15.6. The second-order valence-corrected chi connectivity index (χ2v) is 10.4. The number of anilines is 2. The van der Waals surface area contributed by atoms with Crippen LogP contribution in [-0.4, -0.2) is 30.0 Å². The van der Waals surface area contributed by atoms with Gasteiger partial charge in [0.25, 0.3) is 0 Å². The third-order valence-corrected chi connectivity index (χ3v) is 6.71. The molecule has 4 rings (SSSR count). The van der Waals surface area contributed by atoms with E-state index in [1.54, 1.807) is 6.07 Å². The van der Waals surface area contributed by atoms with Crippen molar-refractivity contribution in [2.75, 3.05) is 12.4 Å². The average molecular weight is 466 g/mol. The van der Waals surface area contributed by atoms with Crippen molar-refractivity contribution in [1.29, 1.82) is 0 Å². The van der Waals surface area contributed by atoms with Crippen LogP contribution in [0.3, 0.4) is 0 Å². The first-order valence-electron chi connectivity index (χ1n) is 9.82. The van der Waals surface area contributed by atoms with E-state index in [1.165, 1.54) is 25.2 Å². The maximum absolute atomic E-state index is 12.8. The Morgan fingerprint density at radius 3 is 2.50 bits per heavy atom. The van der Waals surface area contributed by atoms with Crippen molar-refractivity contribution in [1.82, 2.24) is 19.3 Å². The summed E-state index contributed by atoms with van der Waals surface area (Å²) in [5.74, 6) is 1.09. The number of fused-ring (bicyclic) bond motifs is 1. The number of alkyl halides is 3. The molecule has 0 atom stereocenters.